The molecule has 1 heterocycles. The quantitative estimate of drug-likeness (QED) is 0.602. The molecule has 0 fully saturated rings. The van der Waals surface area contributed by atoms with E-state index in [9.17, 15) is 4.79 Å². The first-order chi connectivity index (χ1) is 7.72. The molecule has 0 saturated heterocycles. The molecule has 0 N–H and O–H groups in total. The van der Waals surface area contributed by atoms with Crippen LogP contribution in [0.1, 0.15) is 15.9 Å². The summed E-state index contributed by atoms with van der Waals surface area (Å²) in [6.07, 6.45) is 5.30. The predicted molar refractivity (Wildman–Crippen MR) is 64.9 cm³/mol. The van der Waals surface area contributed by atoms with Gasteiger partial charge in [-0.15, -0.1) is 11.8 Å². The van der Waals surface area contributed by atoms with Crippen LogP contribution in [0.4, 0.5) is 0 Å². The Kier molecular flexibility index (Phi) is 3.10. The number of nitrogens with zero attached hydrogens (tertiary/aromatic N) is 2. The van der Waals surface area contributed by atoms with Crippen LogP contribution in [0.2, 0.25) is 0 Å². The van der Waals surface area contributed by atoms with E-state index in [1.165, 1.54) is 0 Å². The number of rotatable bonds is 3. The van der Waals surface area contributed by atoms with Crippen LogP contribution in [0, 0.1) is 0 Å². The van der Waals surface area contributed by atoms with Gasteiger partial charge in [-0.1, -0.05) is 12.1 Å². The van der Waals surface area contributed by atoms with Gasteiger partial charge in [-0.05, 0) is 18.4 Å². The molecule has 0 radical (unpaired) electrons. The summed E-state index contributed by atoms with van der Waals surface area (Å²) in [5, 5.41) is 4.01. The molecule has 1 aromatic heterocycles. The monoisotopic (exact) mass is 232 g/mol. The lowest BCUT2D eigenvalue weighted by molar-refractivity contribution is 0.103. The minimum atomic E-state index is 0.0260. The van der Waals surface area contributed by atoms with E-state index < -0.39 is 0 Å². The summed E-state index contributed by atoms with van der Waals surface area (Å²) in [4.78, 5) is 13.2. The van der Waals surface area contributed by atoms with Crippen LogP contribution in [0.25, 0.3) is 0 Å². The van der Waals surface area contributed by atoms with Crippen LogP contribution in [0.5, 0.6) is 0 Å². The molecule has 0 spiro atoms. The van der Waals surface area contributed by atoms with Crippen molar-refractivity contribution in [2.45, 2.75) is 4.90 Å². The molecule has 0 bridgehead atoms. The maximum absolute atomic E-state index is 12.2. The fourth-order valence-electron chi connectivity index (χ4n) is 1.53. The molecule has 0 atom stereocenters. The summed E-state index contributed by atoms with van der Waals surface area (Å²) in [6, 6.07) is 7.62. The maximum atomic E-state index is 12.2. The highest BCUT2D eigenvalue weighted by molar-refractivity contribution is 7.98. The van der Waals surface area contributed by atoms with Gasteiger partial charge in [-0.3, -0.25) is 9.48 Å². The maximum Gasteiger partial charge on any atom is 0.197 e. The van der Waals surface area contributed by atoms with Crippen molar-refractivity contribution in [3.05, 3.63) is 47.8 Å². The van der Waals surface area contributed by atoms with Gasteiger partial charge in [0.1, 0.15) is 0 Å². The smallest absolute Gasteiger partial charge is 0.197 e. The minimum absolute atomic E-state index is 0.0260. The van der Waals surface area contributed by atoms with Crippen molar-refractivity contribution < 1.29 is 4.79 Å². The number of hydrogen-bond donors (Lipinski definition) is 0. The summed E-state index contributed by atoms with van der Waals surface area (Å²) in [6.45, 7) is 0. The van der Waals surface area contributed by atoms with Gasteiger partial charge in [0, 0.05) is 23.7 Å². The fourth-order valence-corrected chi connectivity index (χ4v) is 2.12. The molecule has 0 saturated carbocycles. The minimum Gasteiger partial charge on any atom is -0.288 e. The second-order valence-electron chi connectivity index (χ2n) is 3.43. The summed E-state index contributed by atoms with van der Waals surface area (Å²) < 4.78 is 1.63. The first kappa shape index (κ1) is 11.0. The van der Waals surface area contributed by atoms with Gasteiger partial charge in [-0.25, -0.2) is 0 Å². The van der Waals surface area contributed by atoms with Gasteiger partial charge in [0.2, 0.25) is 0 Å². The van der Waals surface area contributed by atoms with Crippen molar-refractivity contribution in [3.8, 4) is 0 Å². The number of carbonyl (C=O) groups excluding carboxylic acids is 1. The number of carbonyl (C=O) groups is 1. The van der Waals surface area contributed by atoms with E-state index in [1.807, 2.05) is 30.5 Å². The summed E-state index contributed by atoms with van der Waals surface area (Å²) >= 11 is 1.58. The number of hydrogen-bond acceptors (Lipinski definition) is 3. The number of aromatic nitrogens is 2. The Morgan fingerprint density at radius 2 is 2.12 bits per heavy atom. The molecule has 2 aromatic rings. The zero-order valence-electron chi connectivity index (χ0n) is 9.18. The number of benzene rings is 1. The second-order valence-corrected chi connectivity index (χ2v) is 4.28. The highest BCUT2D eigenvalue weighted by atomic mass is 32.2. The summed E-state index contributed by atoms with van der Waals surface area (Å²) in [5.74, 6) is 0.0260. The van der Waals surface area contributed by atoms with Crippen molar-refractivity contribution in [2.75, 3.05) is 6.26 Å². The van der Waals surface area contributed by atoms with Crippen LogP contribution in [0.3, 0.4) is 0 Å². The normalized spacial score (nSPS) is 10.4. The van der Waals surface area contributed by atoms with Gasteiger partial charge in [0.05, 0.1) is 11.8 Å². The lowest BCUT2D eigenvalue weighted by atomic mass is 10.1. The Morgan fingerprint density at radius 3 is 2.75 bits per heavy atom. The van der Waals surface area contributed by atoms with Crippen LogP contribution in [-0.2, 0) is 7.05 Å². The zero-order chi connectivity index (χ0) is 11.5. The first-order valence-electron chi connectivity index (χ1n) is 4.88. The summed E-state index contributed by atoms with van der Waals surface area (Å²) in [5.41, 5.74) is 1.37. The molecule has 82 valence electrons. The topological polar surface area (TPSA) is 34.9 Å². The second kappa shape index (κ2) is 4.53. The Morgan fingerprint density at radius 1 is 1.38 bits per heavy atom. The van der Waals surface area contributed by atoms with Crippen molar-refractivity contribution in [2.24, 2.45) is 7.05 Å². The van der Waals surface area contributed by atoms with Crippen LogP contribution >= 0.6 is 11.8 Å². The molecule has 16 heavy (non-hydrogen) atoms. The standard InChI is InChI=1S/C12H12N2OS/c1-14-8-9(7-13-14)12(15)10-5-3-4-6-11(10)16-2/h3-8H,1-2H3. The molecule has 2 rings (SSSR count). The predicted octanol–water partition coefficient (Wildman–Crippen LogP) is 2.37. The number of thioether (sulfide) groups is 1. The van der Waals surface area contributed by atoms with E-state index in [-0.39, 0.29) is 5.78 Å². The Labute approximate surface area is 98.5 Å². The third kappa shape index (κ3) is 2.02. The van der Waals surface area contributed by atoms with E-state index in [2.05, 4.69) is 5.10 Å². The Hall–Kier alpha value is -1.55. The van der Waals surface area contributed by atoms with Crippen LogP contribution < -0.4 is 0 Å². The molecule has 0 aliphatic rings. The van der Waals surface area contributed by atoms with Crippen molar-refractivity contribution >= 4 is 17.5 Å². The fraction of sp³-hybridized carbons (Fsp3) is 0.167. The van der Waals surface area contributed by atoms with E-state index in [0.29, 0.717) is 5.56 Å². The molecular formula is C12H12N2OS. The van der Waals surface area contributed by atoms with E-state index in [4.69, 9.17) is 0 Å². The van der Waals surface area contributed by atoms with Crippen LogP contribution in [0.15, 0.2) is 41.6 Å². The largest absolute Gasteiger partial charge is 0.288 e. The van der Waals surface area contributed by atoms with Crippen molar-refractivity contribution in [3.63, 3.8) is 0 Å². The molecule has 3 nitrogen and oxygen atoms in total. The molecule has 0 aliphatic heterocycles. The lowest BCUT2D eigenvalue weighted by Gasteiger charge is -2.03. The van der Waals surface area contributed by atoms with Crippen LogP contribution in [-0.4, -0.2) is 21.8 Å². The van der Waals surface area contributed by atoms with Gasteiger partial charge < -0.3 is 0 Å². The average Bonchev–Trinajstić information content (AvgIpc) is 2.75. The Balaban J connectivity index is 2.41. The third-order valence-corrected chi connectivity index (χ3v) is 3.11. The highest BCUT2D eigenvalue weighted by Gasteiger charge is 2.13. The number of ketones is 1. The lowest BCUT2D eigenvalue weighted by Crippen LogP contribution is -2.01. The molecule has 1 aromatic carbocycles. The van der Waals surface area contributed by atoms with E-state index >= 15 is 0 Å². The SMILES string of the molecule is CSc1ccccc1C(=O)c1cnn(C)c1. The average molecular weight is 232 g/mol. The Bertz CT molecular complexity index is 519. The zero-order valence-corrected chi connectivity index (χ0v) is 9.99. The third-order valence-electron chi connectivity index (χ3n) is 2.32. The van der Waals surface area contributed by atoms with Gasteiger partial charge in [-0.2, -0.15) is 5.10 Å². The molecule has 0 unspecified atom stereocenters. The van der Waals surface area contributed by atoms with Gasteiger partial charge in [0.25, 0.3) is 0 Å². The molecule has 4 heteroatoms. The van der Waals surface area contributed by atoms with E-state index in [1.54, 1.807) is 35.9 Å². The summed E-state index contributed by atoms with van der Waals surface area (Å²) in [7, 11) is 1.80. The highest BCUT2D eigenvalue weighted by Crippen LogP contribution is 2.22. The van der Waals surface area contributed by atoms with Gasteiger partial charge >= 0.3 is 0 Å². The number of aryl methyl sites for hydroxylation is 1. The molecular weight excluding hydrogens is 220 g/mol. The molecule has 0 aliphatic carbocycles. The first-order valence-corrected chi connectivity index (χ1v) is 6.11. The molecule has 0 amide bonds. The van der Waals surface area contributed by atoms with Crippen molar-refractivity contribution in [1.29, 1.82) is 0 Å². The van der Waals surface area contributed by atoms with Crippen molar-refractivity contribution in [1.82, 2.24) is 9.78 Å². The van der Waals surface area contributed by atoms with Gasteiger partial charge in [0.15, 0.2) is 5.78 Å². The van der Waals surface area contributed by atoms with E-state index in [0.717, 1.165) is 10.5 Å².